The van der Waals surface area contributed by atoms with E-state index in [0.29, 0.717) is 0 Å². The van der Waals surface area contributed by atoms with Crippen molar-refractivity contribution >= 4 is 10.1 Å². The summed E-state index contributed by atoms with van der Waals surface area (Å²) in [5.74, 6) is 0. The maximum absolute atomic E-state index is 10.4. The number of rotatable bonds is 1. The van der Waals surface area contributed by atoms with Crippen molar-refractivity contribution < 1.29 is 81.9 Å². The van der Waals surface area contributed by atoms with Crippen LogP contribution in [0.5, 0.6) is 0 Å². The average molecular weight is 304 g/mol. The summed E-state index contributed by atoms with van der Waals surface area (Å²) >= 11 is 0. The first kappa shape index (κ1) is 13.2. The second-order valence-corrected chi connectivity index (χ2v) is 3.65. The van der Waals surface area contributed by atoms with Gasteiger partial charge < -0.3 is 4.55 Å². The minimum atomic E-state index is -4.28. The van der Waals surface area contributed by atoms with Crippen molar-refractivity contribution in [2.75, 3.05) is 0 Å². The Morgan fingerprint density at radius 2 is 1.92 bits per heavy atom. The van der Waals surface area contributed by atoms with E-state index in [1.165, 1.54) is 12.1 Å². The van der Waals surface area contributed by atoms with Gasteiger partial charge >= 0.3 is 68.9 Å². The van der Waals surface area contributed by atoms with Crippen molar-refractivity contribution in [3.05, 3.63) is 29.8 Å². The van der Waals surface area contributed by atoms with Crippen LogP contribution in [-0.4, -0.2) is 13.0 Å². The van der Waals surface area contributed by atoms with E-state index >= 15 is 0 Å². The summed E-state index contributed by atoms with van der Waals surface area (Å²) in [6, 6.07) is 5.91. The Morgan fingerprint density at radius 1 is 1.33 bits per heavy atom. The molecular formula is C7H7CsO3S. The second-order valence-electron chi connectivity index (χ2n) is 2.27. The molecule has 12 heavy (non-hydrogen) atoms. The first-order valence-electron chi connectivity index (χ1n) is 3.03. The van der Waals surface area contributed by atoms with Crippen LogP contribution in [-0.2, 0) is 10.1 Å². The van der Waals surface area contributed by atoms with Crippen molar-refractivity contribution in [1.29, 1.82) is 0 Å². The quantitative estimate of drug-likeness (QED) is 0.559. The van der Waals surface area contributed by atoms with Crippen molar-refractivity contribution in [3.8, 4) is 0 Å². The smallest absolute Gasteiger partial charge is 0.744 e. The van der Waals surface area contributed by atoms with E-state index in [0.717, 1.165) is 5.56 Å². The number of hydrogen-bond acceptors (Lipinski definition) is 3. The Bertz CT molecular complexity index is 359. The van der Waals surface area contributed by atoms with Gasteiger partial charge in [-0.15, -0.1) is 0 Å². The van der Waals surface area contributed by atoms with E-state index in [-0.39, 0.29) is 73.8 Å². The van der Waals surface area contributed by atoms with Gasteiger partial charge in [0.25, 0.3) is 0 Å². The van der Waals surface area contributed by atoms with E-state index in [9.17, 15) is 13.0 Å². The Labute approximate surface area is 131 Å². The van der Waals surface area contributed by atoms with Crippen molar-refractivity contribution in [3.63, 3.8) is 0 Å². The van der Waals surface area contributed by atoms with Gasteiger partial charge in [-0.2, -0.15) is 0 Å². The molecule has 0 aliphatic heterocycles. The van der Waals surface area contributed by atoms with Gasteiger partial charge in [-0.1, -0.05) is 12.1 Å². The molecule has 1 aromatic rings. The Kier molecular flexibility index (Phi) is 5.67. The maximum Gasteiger partial charge on any atom is 1.00 e. The van der Waals surface area contributed by atoms with Gasteiger partial charge in [0.05, 0.1) is 4.90 Å². The second kappa shape index (κ2) is 5.16. The van der Waals surface area contributed by atoms with Crippen molar-refractivity contribution in [2.24, 2.45) is 0 Å². The van der Waals surface area contributed by atoms with Gasteiger partial charge in [-0.05, 0) is 24.6 Å². The van der Waals surface area contributed by atoms with E-state index in [4.69, 9.17) is 0 Å². The molecule has 1 rings (SSSR count). The Balaban J connectivity index is 0.00000121. The Hall–Kier alpha value is 1.18. The predicted molar refractivity (Wildman–Crippen MR) is 39.1 cm³/mol. The summed E-state index contributed by atoms with van der Waals surface area (Å²) in [5.41, 5.74) is 0.766. The van der Waals surface area contributed by atoms with Crippen LogP contribution in [0.3, 0.4) is 0 Å². The molecule has 0 amide bonds. The Morgan fingerprint density at radius 3 is 2.25 bits per heavy atom. The largest absolute Gasteiger partial charge is 1.00 e. The summed E-state index contributed by atoms with van der Waals surface area (Å²) < 4.78 is 31.3. The fourth-order valence-electron chi connectivity index (χ4n) is 0.771. The van der Waals surface area contributed by atoms with E-state index < -0.39 is 10.1 Å². The first-order valence-corrected chi connectivity index (χ1v) is 4.43. The number of aryl methyl sites for hydroxylation is 1. The average Bonchev–Trinajstić information content (AvgIpc) is 1.86. The predicted octanol–water partition coefficient (Wildman–Crippen LogP) is -2.10. The molecule has 0 atom stereocenters. The van der Waals surface area contributed by atoms with Gasteiger partial charge in [-0.25, -0.2) is 8.42 Å². The normalized spacial score (nSPS) is 10.5. The van der Waals surface area contributed by atoms with Crippen LogP contribution in [0.4, 0.5) is 0 Å². The summed E-state index contributed by atoms with van der Waals surface area (Å²) in [6.07, 6.45) is 0. The molecule has 0 saturated heterocycles. The monoisotopic (exact) mass is 304 g/mol. The molecule has 0 aliphatic rings. The molecule has 0 heterocycles. The van der Waals surface area contributed by atoms with Crippen molar-refractivity contribution in [2.45, 2.75) is 11.8 Å². The van der Waals surface area contributed by atoms with Crippen LogP contribution in [0.2, 0.25) is 0 Å². The van der Waals surface area contributed by atoms with Gasteiger partial charge in [0.2, 0.25) is 0 Å². The summed E-state index contributed by atoms with van der Waals surface area (Å²) in [6.45, 7) is 1.73. The standard InChI is InChI=1S/C7H8O3S.Cs/c1-6-3-2-4-7(5-6)11(8,9)10;/h2-5H,1H3,(H,8,9,10);/q;+1/p-1. The van der Waals surface area contributed by atoms with Gasteiger partial charge in [-0.3, -0.25) is 0 Å². The molecule has 0 radical (unpaired) electrons. The third-order valence-electron chi connectivity index (χ3n) is 1.28. The third kappa shape index (κ3) is 3.93. The zero-order valence-electron chi connectivity index (χ0n) is 6.94. The molecule has 0 aromatic heterocycles. The first-order chi connectivity index (χ1) is 5.00. The minimum Gasteiger partial charge on any atom is -0.744 e. The van der Waals surface area contributed by atoms with Gasteiger partial charge in [0.15, 0.2) is 0 Å². The van der Waals surface area contributed by atoms with E-state index in [2.05, 4.69) is 0 Å². The summed E-state index contributed by atoms with van der Waals surface area (Å²) in [7, 11) is -4.28. The van der Waals surface area contributed by atoms with E-state index in [1.54, 1.807) is 19.1 Å². The van der Waals surface area contributed by atoms with Crippen LogP contribution in [0.15, 0.2) is 29.2 Å². The topological polar surface area (TPSA) is 57.2 Å². The number of hydrogen-bond donors (Lipinski definition) is 0. The molecule has 0 saturated carbocycles. The van der Waals surface area contributed by atoms with Crippen LogP contribution < -0.4 is 68.9 Å². The zero-order chi connectivity index (χ0) is 8.48. The van der Waals surface area contributed by atoms with Crippen LogP contribution >= 0.6 is 0 Å². The molecule has 0 N–H and O–H groups in total. The van der Waals surface area contributed by atoms with Crippen LogP contribution in [0.1, 0.15) is 5.56 Å². The molecule has 60 valence electrons. The van der Waals surface area contributed by atoms with Crippen LogP contribution in [0.25, 0.3) is 0 Å². The summed E-state index contributed by atoms with van der Waals surface area (Å²) in [4.78, 5) is -0.169. The molecule has 3 nitrogen and oxygen atoms in total. The van der Waals surface area contributed by atoms with Crippen molar-refractivity contribution in [1.82, 2.24) is 0 Å². The molecule has 0 spiro atoms. The molecule has 0 unspecified atom stereocenters. The minimum absolute atomic E-state index is 0. The molecular weight excluding hydrogens is 297 g/mol. The van der Waals surface area contributed by atoms with Gasteiger partial charge in [0, 0.05) is 0 Å². The van der Waals surface area contributed by atoms with Gasteiger partial charge in [0.1, 0.15) is 10.1 Å². The fraction of sp³-hybridized carbons (Fsp3) is 0.143. The molecule has 0 aliphatic carbocycles. The van der Waals surface area contributed by atoms with Crippen LogP contribution in [0, 0.1) is 6.92 Å². The molecule has 1 aromatic carbocycles. The fourth-order valence-corrected chi connectivity index (χ4v) is 1.35. The zero-order valence-corrected chi connectivity index (χ0v) is 14.0. The SMILES string of the molecule is Cc1cccc(S(=O)(=O)[O-])c1.[Cs+]. The molecule has 5 heteroatoms. The summed E-state index contributed by atoms with van der Waals surface area (Å²) in [5, 5.41) is 0. The number of benzene rings is 1. The molecule has 0 bridgehead atoms. The van der Waals surface area contributed by atoms with E-state index in [1.807, 2.05) is 0 Å². The third-order valence-corrected chi connectivity index (χ3v) is 2.11. The maximum atomic E-state index is 10.4. The molecule has 0 fully saturated rings.